The summed E-state index contributed by atoms with van der Waals surface area (Å²) in [5.74, 6) is 5.19. The van der Waals surface area contributed by atoms with Gasteiger partial charge in [-0.15, -0.1) is 0 Å². The minimum atomic E-state index is 0.871. The number of rotatable bonds is 4. The van der Waals surface area contributed by atoms with Crippen LogP contribution in [0, 0.1) is 23.7 Å². The predicted octanol–water partition coefficient (Wildman–Crippen LogP) is 4.10. The highest BCUT2D eigenvalue weighted by Gasteiger charge is 2.58. The third-order valence-corrected chi connectivity index (χ3v) is 7.02. The molecule has 3 aliphatic rings. The molecule has 2 heteroatoms. The minimum absolute atomic E-state index is 0.871. The summed E-state index contributed by atoms with van der Waals surface area (Å²) >= 11 is 0. The molecule has 0 heterocycles. The molecule has 3 fully saturated rings. The average Bonchev–Trinajstić information content (AvgIpc) is 3.19. The van der Waals surface area contributed by atoms with Gasteiger partial charge < -0.3 is 9.22 Å². The second-order valence-corrected chi connectivity index (χ2v) is 8.51. The summed E-state index contributed by atoms with van der Waals surface area (Å²) in [7, 11) is 6.67. The molecule has 0 amide bonds. The van der Waals surface area contributed by atoms with Gasteiger partial charge in [0, 0.05) is 17.9 Å². The van der Waals surface area contributed by atoms with E-state index in [0.29, 0.717) is 0 Å². The van der Waals surface area contributed by atoms with E-state index in [1.54, 1.807) is 7.11 Å². The van der Waals surface area contributed by atoms with Crippen molar-refractivity contribution in [3.63, 3.8) is 0 Å². The minimum Gasteiger partial charge on any atom is -0.497 e. The van der Waals surface area contributed by atoms with Crippen LogP contribution < -0.4 is 4.74 Å². The zero-order chi connectivity index (χ0) is 15.3. The van der Waals surface area contributed by atoms with Gasteiger partial charge in [0.1, 0.15) is 12.3 Å². The Kier molecular flexibility index (Phi) is 3.48. The third kappa shape index (κ3) is 2.27. The summed E-state index contributed by atoms with van der Waals surface area (Å²) in [6, 6.07) is 9.52. The van der Waals surface area contributed by atoms with Crippen LogP contribution in [0.4, 0.5) is 0 Å². The van der Waals surface area contributed by atoms with Crippen LogP contribution in [0.15, 0.2) is 24.3 Å². The van der Waals surface area contributed by atoms with Gasteiger partial charge in [-0.1, -0.05) is 18.6 Å². The zero-order valence-corrected chi connectivity index (χ0v) is 14.3. The molecule has 120 valence electrons. The molecule has 4 rings (SSSR count). The van der Waals surface area contributed by atoms with E-state index < -0.39 is 0 Å². The normalized spacial score (nSPS) is 36.6. The lowest BCUT2D eigenvalue weighted by molar-refractivity contribution is -0.931. The Morgan fingerprint density at radius 3 is 2.73 bits per heavy atom. The smallest absolute Gasteiger partial charge is 0.119 e. The van der Waals surface area contributed by atoms with Crippen molar-refractivity contribution in [1.29, 1.82) is 0 Å². The van der Waals surface area contributed by atoms with E-state index in [9.17, 15) is 0 Å². The van der Waals surface area contributed by atoms with Crippen molar-refractivity contribution in [1.82, 2.24) is 0 Å². The molecule has 0 spiro atoms. The van der Waals surface area contributed by atoms with E-state index in [1.807, 2.05) is 6.07 Å². The molecular formula is C20H30NO+. The molecule has 22 heavy (non-hydrogen) atoms. The molecule has 3 aliphatic carbocycles. The van der Waals surface area contributed by atoms with Crippen LogP contribution in [0.2, 0.25) is 0 Å². The fourth-order valence-corrected chi connectivity index (χ4v) is 6.19. The van der Waals surface area contributed by atoms with Crippen molar-refractivity contribution in [2.75, 3.05) is 21.2 Å². The zero-order valence-electron chi connectivity index (χ0n) is 14.3. The summed E-state index contributed by atoms with van der Waals surface area (Å²) in [6.07, 6.45) is 7.55. The third-order valence-electron chi connectivity index (χ3n) is 7.02. The van der Waals surface area contributed by atoms with Crippen LogP contribution in [0.1, 0.15) is 37.7 Å². The number of hydrogen-bond donors (Lipinski definition) is 0. The van der Waals surface area contributed by atoms with Crippen LogP contribution in [0.25, 0.3) is 0 Å². The van der Waals surface area contributed by atoms with E-state index in [2.05, 4.69) is 32.3 Å². The maximum atomic E-state index is 5.39. The van der Waals surface area contributed by atoms with Crippen LogP contribution in [-0.2, 0) is 6.54 Å². The molecule has 3 saturated carbocycles. The van der Waals surface area contributed by atoms with Gasteiger partial charge in [-0.2, -0.15) is 0 Å². The Hall–Kier alpha value is -1.02. The van der Waals surface area contributed by atoms with Gasteiger partial charge in [-0.3, -0.25) is 0 Å². The first-order valence-electron chi connectivity index (χ1n) is 9.04. The molecule has 0 N–H and O–H groups in total. The number of hydrogen-bond acceptors (Lipinski definition) is 1. The lowest BCUT2D eigenvalue weighted by Gasteiger charge is -2.43. The second-order valence-electron chi connectivity index (χ2n) is 8.51. The Bertz CT molecular complexity index is 552. The number of quaternary nitrogens is 1. The van der Waals surface area contributed by atoms with E-state index in [1.165, 1.54) is 37.7 Å². The van der Waals surface area contributed by atoms with Crippen LogP contribution in [0.3, 0.4) is 0 Å². The molecule has 0 radical (unpaired) electrons. The molecule has 5 unspecified atom stereocenters. The Labute approximate surface area is 135 Å². The quantitative estimate of drug-likeness (QED) is 0.761. The number of nitrogens with zero attached hydrogens (tertiary/aromatic N) is 1. The van der Waals surface area contributed by atoms with E-state index in [4.69, 9.17) is 4.74 Å². The van der Waals surface area contributed by atoms with Crippen LogP contribution >= 0.6 is 0 Å². The highest BCUT2D eigenvalue weighted by atomic mass is 16.5. The first kappa shape index (κ1) is 14.6. The lowest BCUT2D eigenvalue weighted by atomic mass is 9.78. The molecule has 0 aromatic heterocycles. The highest BCUT2D eigenvalue weighted by molar-refractivity contribution is 5.27. The molecule has 2 nitrogen and oxygen atoms in total. The number of fused-ring (bicyclic) bond motifs is 5. The monoisotopic (exact) mass is 300 g/mol. The van der Waals surface area contributed by atoms with Gasteiger partial charge in [-0.05, 0) is 49.1 Å². The number of methoxy groups -OCH3 is 1. The highest BCUT2D eigenvalue weighted by Crippen LogP contribution is 2.60. The predicted molar refractivity (Wildman–Crippen MR) is 89.6 cm³/mol. The van der Waals surface area contributed by atoms with Crippen molar-refractivity contribution in [3.05, 3.63) is 29.8 Å². The van der Waals surface area contributed by atoms with E-state index >= 15 is 0 Å². The molecule has 1 aromatic rings. The number of benzene rings is 1. The Morgan fingerprint density at radius 2 is 1.91 bits per heavy atom. The van der Waals surface area contributed by atoms with Gasteiger partial charge in [0.25, 0.3) is 0 Å². The van der Waals surface area contributed by atoms with Gasteiger partial charge in [0.2, 0.25) is 0 Å². The molecule has 5 atom stereocenters. The first-order valence-corrected chi connectivity index (χ1v) is 9.04. The molecular weight excluding hydrogens is 270 g/mol. The molecule has 1 aromatic carbocycles. The van der Waals surface area contributed by atoms with E-state index in [-0.39, 0.29) is 0 Å². The second kappa shape index (κ2) is 5.26. The number of ether oxygens (including phenoxy) is 1. The summed E-state index contributed by atoms with van der Waals surface area (Å²) in [6.45, 7) is 1.13. The standard InChI is InChI=1S/C20H30NO/c1-21(2,13-14-6-4-7-16(10-14)22-3)20-12-15-11-19(20)18-9-5-8-17(15)18/h4,6-7,10,15,17-20H,5,8-9,11-13H2,1-3H3/q+1. The van der Waals surface area contributed by atoms with Crippen molar-refractivity contribution in [3.8, 4) is 5.75 Å². The summed E-state index contributed by atoms with van der Waals surface area (Å²) in [5, 5.41) is 0. The molecule has 0 aliphatic heterocycles. The summed E-state index contributed by atoms with van der Waals surface area (Å²) < 4.78 is 6.54. The first-order chi connectivity index (χ1) is 10.6. The topological polar surface area (TPSA) is 9.23 Å². The maximum absolute atomic E-state index is 5.39. The molecule has 2 bridgehead atoms. The van der Waals surface area contributed by atoms with Crippen molar-refractivity contribution in [2.45, 2.75) is 44.7 Å². The molecule has 0 saturated heterocycles. The van der Waals surface area contributed by atoms with Crippen molar-refractivity contribution < 1.29 is 9.22 Å². The fraction of sp³-hybridized carbons (Fsp3) is 0.700. The Balaban J connectivity index is 1.51. The van der Waals surface area contributed by atoms with Gasteiger partial charge in [0.05, 0.1) is 27.2 Å². The summed E-state index contributed by atoms with van der Waals surface area (Å²) in [4.78, 5) is 0. The van der Waals surface area contributed by atoms with Crippen LogP contribution in [-0.4, -0.2) is 31.7 Å². The van der Waals surface area contributed by atoms with Gasteiger partial charge in [0.15, 0.2) is 0 Å². The van der Waals surface area contributed by atoms with Crippen molar-refractivity contribution >= 4 is 0 Å². The van der Waals surface area contributed by atoms with Crippen LogP contribution in [0.5, 0.6) is 5.75 Å². The van der Waals surface area contributed by atoms with E-state index in [0.717, 1.165) is 46.5 Å². The Morgan fingerprint density at radius 1 is 1.09 bits per heavy atom. The van der Waals surface area contributed by atoms with Crippen molar-refractivity contribution in [2.24, 2.45) is 23.7 Å². The van der Waals surface area contributed by atoms with Gasteiger partial charge in [-0.25, -0.2) is 0 Å². The average molecular weight is 300 g/mol. The summed E-state index contributed by atoms with van der Waals surface area (Å²) in [5.41, 5.74) is 1.41. The lowest BCUT2D eigenvalue weighted by Crippen LogP contribution is -2.52. The largest absolute Gasteiger partial charge is 0.497 e. The van der Waals surface area contributed by atoms with Gasteiger partial charge >= 0.3 is 0 Å². The fourth-order valence-electron chi connectivity index (χ4n) is 6.19. The SMILES string of the molecule is COc1cccc(C[N+](C)(C)C2CC3CC2C2CCCC32)c1. The maximum Gasteiger partial charge on any atom is 0.119 e.